The number of ether oxygens (including phenoxy) is 2. The third-order valence-electron chi connectivity index (χ3n) is 3.72. The molecule has 0 N–H and O–H groups in total. The predicted octanol–water partition coefficient (Wildman–Crippen LogP) is 1.66. The van der Waals surface area contributed by atoms with Crippen molar-refractivity contribution in [3.05, 3.63) is 12.2 Å². The fraction of sp³-hybridized carbons (Fsp3) is 0.733. The normalized spacial score (nSPS) is 29.7. The molecule has 0 bridgehead atoms. The van der Waals surface area contributed by atoms with Crippen molar-refractivity contribution < 1.29 is 19.1 Å². The molecule has 2 aliphatic rings. The third kappa shape index (κ3) is 3.10. The average molecular weight is 281 g/mol. The summed E-state index contributed by atoms with van der Waals surface area (Å²) in [6.07, 6.45) is 5.88. The number of nitrogens with zero attached hydrogens (tertiary/aromatic N) is 1. The zero-order valence-corrected chi connectivity index (χ0v) is 12.2. The zero-order chi connectivity index (χ0) is 14.5. The molecule has 5 heteroatoms. The van der Waals surface area contributed by atoms with Gasteiger partial charge in [0.05, 0.1) is 12.1 Å². The lowest BCUT2D eigenvalue weighted by Crippen LogP contribution is -2.48. The largest absolute Gasteiger partial charge is 0.375 e. The smallest absolute Gasteiger partial charge is 0.253 e. The first-order valence-corrected chi connectivity index (χ1v) is 7.47. The Balaban J connectivity index is 2.06. The van der Waals surface area contributed by atoms with Crippen LogP contribution in [0.4, 0.5) is 0 Å². The highest BCUT2D eigenvalue weighted by atomic mass is 16.5. The van der Waals surface area contributed by atoms with Crippen molar-refractivity contribution in [2.45, 2.75) is 57.8 Å². The van der Waals surface area contributed by atoms with Gasteiger partial charge in [-0.15, -0.1) is 0 Å². The van der Waals surface area contributed by atoms with Gasteiger partial charge < -0.3 is 9.47 Å². The summed E-state index contributed by atoms with van der Waals surface area (Å²) in [6.45, 7) is 5.41. The summed E-state index contributed by atoms with van der Waals surface area (Å²) < 4.78 is 11.7. The molecule has 5 nitrogen and oxygen atoms in total. The SMILES string of the molecule is CCCOC1CC[C@H](N2C(=O)C=CC2=O)[C@@H]1OCCC. The zero-order valence-electron chi connectivity index (χ0n) is 12.2. The van der Waals surface area contributed by atoms with E-state index < -0.39 is 0 Å². The van der Waals surface area contributed by atoms with Crippen LogP contribution in [0.15, 0.2) is 12.2 Å². The summed E-state index contributed by atoms with van der Waals surface area (Å²) in [7, 11) is 0. The topological polar surface area (TPSA) is 55.8 Å². The minimum atomic E-state index is -0.235. The number of amides is 2. The third-order valence-corrected chi connectivity index (χ3v) is 3.72. The first-order chi connectivity index (χ1) is 9.69. The molecule has 1 unspecified atom stereocenters. The maximum atomic E-state index is 11.8. The second-order valence-electron chi connectivity index (χ2n) is 5.27. The number of imide groups is 1. The van der Waals surface area contributed by atoms with Crippen LogP contribution in [0.1, 0.15) is 39.5 Å². The molecule has 2 amide bonds. The van der Waals surface area contributed by atoms with Crippen molar-refractivity contribution >= 4 is 11.8 Å². The molecule has 0 aromatic carbocycles. The molecular formula is C15H23NO4. The van der Waals surface area contributed by atoms with E-state index in [1.165, 1.54) is 17.1 Å². The summed E-state index contributed by atoms with van der Waals surface area (Å²) in [6, 6.07) is -0.196. The molecule has 1 aliphatic heterocycles. The molecular weight excluding hydrogens is 258 g/mol. The van der Waals surface area contributed by atoms with Gasteiger partial charge in [-0.1, -0.05) is 13.8 Å². The molecule has 112 valence electrons. The summed E-state index contributed by atoms with van der Waals surface area (Å²) in [5.74, 6) is -0.470. The maximum Gasteiger partial charge on any atom is 0.253 e. The highest BCUT2D eigenvalue weighted by Crippen LogP contribution is 2.31. The Hall–Kier alpha value is -1.20. The van der Waals surface area contributed by atoms with E-state index in [1.807, 2.05) is 6.92 Å². The van der Waals surface area contributed by atoms with Gasteiger partial charge in [0.15, 0.2) is 0 Å². The second-order valence-corrected chi connectivity index (χ2v) is 5.27. The van der Waals surface area contributed by atoms with Gasteiger partial charge in [-0.25, -0.2) is 0 Å². The van der Waals surface area contributed by atoms with Crippen LogP contribution in [-0.4, -0.2) is 48.2 Å². The fourth-order valence-corrected chi connectivity index (χ4v) is 2.85. The van der Waals surface area contributed by atoms with Crippen LogP contribution in [0.25, 0.3) is 0 Å². The van der Waals surface area contributed by atoms with Crippen LogP contribution >= 0.6 is 0 Å². The van der Waals surface area contributed by atoms with Crippen LogP contribution in [0.5, 0.6) is 0 Å². The average Bonchev–Trinajstić information content (AvgIpc) is 2.97. The van der Waals surface area contributed by atoms with Crippen molar-refractivity contribution in [3.63, 3.8) is 0 Å². The number of carbonyl (C=O) groups is 2. The van der Waals surface area contributed by atoms with Crippen LogP contribution in [-0.2, 0) is 19.1 Å². The maximum absolute atomic E-state index is 11.8. The molecule has 1 fully saturated rings. The van der Waals surface area contributed by atoms with Crippen molar-refractivity contribution in [3.8, 4) is 0 Å². The van der Waals surface area contributed by atoms with E-state index in [0.717, 1.165) is 25.7 Å². The first-order valence-electron chi connectivity index (χ1n) is 7.47. The van der Waals surface area contributed by atoms with Gasteiger partial charge in [0.1, 0.15) is 6.10 Å². The molecule has 2 rings (SSSR count). The van der Waals surface area contributed by atoms with Crippen LogP contribution in [0.3, 0.4) is 0 Å². The standard InChI is InChI=1S/C15H23NO4/c1-3-9-19-12-6-5-11(15(12)20-10-4-2)16-13(17)7-8-14(16)18/h7-8,11-12,15H,3-6,9-10H2,1-2H3/t11-,12?,15-/m0/s1. The van der Waals surface area contributed by atoms with E-state index >= 15 is 0 Å². The van der Waals surface area contributed by atoms with E-state index in [2.05, 4.69) is 6.92 Å². The molecule has 1 saturated carbocycles. The molecule has 0 spiro atoms. The van der Waals surface area contributed by atoms with E-state index in [0.29, 0.717) is 13.2 Å². The van der Waals surface area contributed by atoms with Crippen molar-refractivity contribution in [2.24, 2.45) is 0 Å². The Morgan fingerprint density at radius 3 is 2.25 bits per heavy atom. The fourth-order valence-electron chi connectivity index (χ4n) is 2.85. The Morgan fingerprint density at radius 2 is 1.65 bits per heavy atom. The number of hydrogen-bond donors (Lipinski definition) is 0. The molecule has 20 heavy (non-hydrogen) atoms. The van der Waals surface area contributed by atoms with Crippen LogP contribution in [0.2, 0.25) is 0 Å². The summed E-state index contributed by atoms with van der Waals surface area (Å²) in [5.41, 5.74) is 0. The van der Waals surface area contributed by atoms with Gasteiger partial charge in [0, 0.05) is 25.4 Å². The van der Waals surface area contributed by atoms with Gasteiger partial charge in [-0.2, -0.15) is 0 Å². The van der Waals surface area contributed by atoms with E-state index in [4.69, 9.17) is 9.47 Å². The van der Waals surface area contributed by atoms with Crippen molar-refractivity contribution in [1.29, 1.82) is 0 Å². The first kappa shape index (κ1) is 15.2. The van der Waals surface area contributed by atoms with E-state index in [9.17, 15) is 9.59 Å². The molecule has 1 aliphatic carbocycles. The Morgan fingerprint density at radius 1 is 1.05 bits per heavy atom. The van der Waals surface area contributed by atoms with Crippen molar-refractivity contribution in [1.82, 2.24) is 4.90 Å². The Labute approximate surface area is 119 Å². The number of carbonyl (C=O) groups excluding carboxylic acids is 2. The number of rotatable bonds is 7. The van der Waals surface area contributed by atoms with Gasteiger partial charge in [-0.05, 0) is 25.7 Å². The van der Waals surface area contributed by atoms with E-state index in [-0.39, 0.29) is 30.1 Å². The monoisotopic (exact) mass is 281 g/mol. The minimum absolute atomic E-state index is 0.0206. The van der Waals surface area contributed by atoms with Gasteiger partial charge in [-0.3, -0.25) is 14.5 Å². The van der Waals surface area contributed by atoms with Crippen LogP contribution < -0.4 is 0 Å². The second kappa shape index (κ2) is 6.99. The minimum Gasteiger partial charge on any atom is -0.375 e. The molecule has 0 aromatic heterocycles. The Kier molecular flexibility index (Phi) is 5.31. The quantitative estimate of drug-likeness (QED) is 0.666. The predicted molar refractivity (Wildman–Crippen MR) is 74.1 cm³/mol. The van der Waals surface area contributed by atoms with Gasteiger partial charge in [0.25, 0.3) is 11.8 Å². The van der Waals surface area contributed by atoms with Crippen LogP contribution in [0, 0.1) is 0 Å². The molecule has 1 heterocycles. The molecule has 3 atom stereocenters. The lowest BCUT2D eigenvalue weighted by Gasteiger charge is -2.30. The highest BCUT2D eigenvalue weighted by Gasteiger charge is 2.45. The van der Waals surface area contributed by atoms with Crippen molar-refractivity contribution in [2.75, 3.05) is 13.2 Å². The summed E-state index contributed by atoms with van der Waals surface area (Å²) in [5, 5.41) is 0. The van der Waals surface area contributed by atoms with E-state index in [1.54, 1.807) is 0 Å². The highest BCUT2D eigenvalue weighted by molar-refractivity contribution is 6.13. The number of hydrogen-bond acceptors (Lipinski definition) is 4. The van der Waals surface area contributed by atoms with Gasteiger partial charge >= 0.3 is 0 Å². The lowest BCUT2D eigenvalue weighted by atomic mass is 10.1. The Bertz CT molecular complexity index is 375. The summed E-state index contributed by atoms with van der Waals surface area (Å²) >= 11 is 0. The molecule has 0 radical (unpaired) electrons. The molecule has 0 saturated heterocycles. The molecule has 0 aromatic rings. The summed E-state index contributed by atoms with van der Waals surface area (Å²) in [4.78, 5) is 25.0. The lowest BCUT2D eigenvalue weighted by molar-refractivity contribution is -0.145. The van der Waals surface area contributed by atoms with Gasteiger partial charge in [0.2, 0.25) is 0 Å².